The summed E-state index contributed by atoms with van der Waals surface area (Å²) in [4.78, 5) is 17.5. The number of hydrogen-bond donors (Lipinski definition) is 1. The van der Waals surface area contributed by atoms with Gasteiger partial charge in [-0.2, -0.15) is 5.10 Å². The third kappa shape index (κ3) is 4.65. The fourth-order valence-electron chi connectivity index (χ4n) is 4.90. The molecule has 31 heavy (non-hydrogen) atoms. The van der Waals surface area contributed by atoms with Gasteiger partial charge in [0.25, 0.3) is 0 Å². The quantitative estimate of drug-likeness (QED) is 0.562. The highest BCUT2D eigenvalue weighted by molar-refractivity contribution is 5.85. The zero-order valence-electron chi connectivity index (χ0n) is 19.3. The summed E-state index contributed by atoms with van der Waals surface area (Å²) in [7, 11) is 0. The van der Waals surface area contributed by atoms with E-state index in [1.54, 1.807) is 0 Å². The molecular weight excluding hydrogens is 384 g/mol. The first-order valence-corrected chi connectivity index (χ1v) is 11.7. The molecule has 0 radical (unpaired) electrons. The lowest BCUT2D eigenvalue weighted by atomic mass is 9.99. The van der Waals surface area contributed by atoms with Gasteiger partial charge in [-0.25, -0.2) is 9.67 Å². The van der Waals surface area contributed by atoms with Crippen LogP contribution in [0.2, 0.25) is 0 Å². The lowest BCUT2D eigenvalue weighted by Crippen LogP contribution is -2.34. The number of carbonyl (C=O) groups is 1. The average molecular weight is 419 g/mol. The minimum Gasteiger partial charge on any atom is -0.353 e. The molecule has 2 aromatic heterocycles. The number of amides is 1. The molecule has 1 N–H and O–H groups in total. The van der Waals surface area contributed by atoms with E-state index in [0.29, 0.717) is 18.9 Å². The molecule has 3 aromatic rings. The van der Waals surface area contributed by atoms with Gasteiger partial charge in [0.2, 0.25) is 5.91 Å². The number of rotatable bonds is 5. The Morgan fingerprint density at radius 3 is 2.35 bits per heavy atom. The molecule has 0 spiro atoms. The first-order valence-electron chi connectivity index (χ1n) is 11.7. The predicted molar refractivity (Wildman–Crippen MR) is 126 cm³/mol. The molecule has 1 saturated carbocycles. The van der Waals surface area contributed by atoms with E-state index in [1.807, 2.05) is 18.5 Å². The van der Waals surface area contributed by atoms with Gasteiger partial charge < -0.3 is 5.32 Å². The van der Waals surface area contributed by atoms with E-state index in [1.165, 1.54) is 42.4 Å². The summed E-state index contributed by atoms with van der Waals surface area (Å²) in [5.41, 5.74) is 7.47. The zero-order valence-corrected chi connectivity index (χ0v) is 19.3. The van der Waals surface area contributed by atoms with Crippen molar-refractivity contribution in [2.45, 2.75) is 85.1 Å². The molecule has 0 bridgehead atoms. The number of nitrogens with one attached hydrogen (secondary N) is 1. The SMILES string of the molecule is Cc1ccc(-n2nc(C)c3c(C)c(CCC(=O)NC4CCCCCC4)c(C)nc32)cc1. The smallest absolute Gasteiger partial charge is 0.220 e. The van der Waals surface area contributed by atoms with Crippen molar-refractivity contribution in [1.82, 2.24) is 20.1 Å². The molecule has 1 fully saturated rings. The van der Waals surface area contributed by atoms with Crippen LogP contribution in [0.1, 0.15) is 73.0 Å². The first kappa shape index (κ1) is 21.5. The van der Waals surface area contributed by atoms with E-state index in [-0.39, 0.29) is 5.91 Å². The van der Waals surface area contributed by atoms with Gasteiger partial charge in [-0.1, -0.05) is 43.4 Å². The molecule has 1 amide bonds. The maximum absolute atomic E-state index is 12.6. The molecule has 1 aromatic carbocycles. The number of fused-ring (bicyclic) bond motifs is 1. The molecule has 5 nitrogen and oxygen atoms in total. The largest absolute Gasteiger partial charge is 0.353 e. The minimum atomic E-state index is 0.165. The monoisotopic (exact) mass is 418 g/mol. The molecule has 5 heteroatoms. The molecule has 1 aliphatic rings. The van der Waals surface area contributed by atoms with Crippen LogP contribution >= 0.6 is 0 Å². The highest BCUT2D eigenvalue weighted by Crippen LogP contribution is 2.28. The van der Waals surface area contributed by atoms with Gasteiger partial charge in [0.05, 0.1) is 11.4 Å². The summed E-state index contributed by atoms with van der Waals surface area (Å²) in [5.74, 6) is 0.165. The number of nitrogens with zero attached hydrogens (tertiary/aromatic N) is 3. The predicted octanol–water partition coefficient (Wildman–Crippen LogP) is 5.43. The van der Waals surface area contributed by atoms with Gasteiger partial charge in [-0.15, -0.1) is 0 Å². The first-order chi connectivity index (χ1) is 14.9. The fraction of sp³-hybridized carbons (Fsp3) is 0.500. The van der Waals surface area contributed by atoms with Crippen molar-refractivity contribution in [2.75, 3.05) is 0 Å². The Hall–Kier alpha value is -2.69. The summed E-state index contributed by atoms with van der Waals surface area (Å²) >= 11 is 0. The van der Waals surface area contributed by atoms with Crippen LogP contribution in [0.25, 0.3) is 16.7 Å². The van der Waals surface area contributed by atoms with Crippen molar-refractivity contribution in [2.24, 2.45) is 0 Å². The normalized spacial score (nSPS) is 15.2. The molecule has 1 aliphatic carbocycles. The van der Waals surface area contributed by atoms with Crippen LogP contribution in [0.3, 0.4) is 0 Å². The number of carbonyl (C=O) groups excluding carboxylic acids is 1. The Balaban J connectivity index is 1.55. The summed E-state index contributed by atoms with van der Waals surface area (Å²) in [6.45, 7) is 8.32. The van der Waals surface area contributed by atoms with Crippen molar-refractivity contribution in [1.29, 1.82) is 0 Å². The highest BCUT2D eigenvalue weighted by Gasteiger charge is 2.19. The maximum atomic E-state index is 12.6. The number of hydrogen-bond acceptors (Lipinski definition) is 3. The number of benzene rings is 1. The number of pyridine rings is 1. The van der Waals surface area contributed by atoms with Gasteiger partial charge >= 0.3 is 0 Å². The fourth-order valence-corrected chi connectivity index (χ4v) is 4.90. The molecule has 0 saturated heterocycles. The molecule has 0 aliphatic heterocycles. The topological polar surface area (TPSA) is 59.8 Å². The Kier molecular flexibility index (Phi) is 6.40. The van der Waals surface area contributed by atoms with Gasteiger partial charge in [-0.05, 0) is 70.2 Å². The van der Waals surface area contributed by atoms with Crippen LogP contribution in [-0.2, 0) is 11.2 Å². The van der Waals surface area contributed by atoms with Gasteiger partial charge in [0.1, 0.15) is 0 Å². The second-order valence-electron chi connectivity index (χ2n) is 9.09. The summed E-state index contributed by atoms with van der Waals surface area (Å²) < 4.78 is 1.94. The van der Waals surface area contributed by atoms with Crippen LogP contribution in [0.4, 0.5) is 0 Å². The Labute approximate surface area is 185 Å². The van der Waals surface area contributed by atoms with Crippen molar-refractivity contribution in [3.05, 3.63) is 52.3 Å². The summed E-state index contributed by atoms with van der Waals surface area (Å²) in [5, 5.41) is 9.16. The van der Waals surface area contributed by atoms with Crippen molar-refractivity contribution in [3.8, 4) is 5.69 Å². The van der Waals surface area contributed by atoms with E-state index in [9.17, 15) is 4.79 Å². The molecular formula is C26H34N4O. The Morgan fingerprint density at radius 2 is 1.68 bits per heavy atom. The average Bonchev–Trinajstić information content (AvgIpc) is 2.89. The summed E-state index contributed by atoms with van der Waals surface area (Å²) in [6, 6.07) is 8.71. The molecule has 0 atom stereocenters. The minimum absolute atomic E-state index is 0.165. The molecule has 0 unspecified atom stereocenters. The van der Waals surface area contributed by atoms with E-state index >= 15 is 0 Å². The third-order valence-electron chi connectivity index (χ3n) is 6.67. The van der Waals surface area contributed by atoms with Crippen molar-refractivity contribution >= 4 is 16.9 Å². The van der Waals surface area contributed by atoms with Gasteiger partial charge in [0, 0.05) is 23.5 Å². The highest BCUT2D eigenvalue weighted by atomic mass is 16.1. The third-order valence-corrected chi connectivity index (χ3v) is 6.67. The van der Waals surface area contributed by atoms with E-state index in [4.69, 9.17) is 10.1 Å². The lowest BCUT2D eigenvalue weighted by Gasteiger charge is -2.17. The van der Waals surface area contributed by atoms with Crippen molar-refractivity contribution in [3.63, 3.8) is 0 Å². The van der Waals surface area contributed by atoms with Crippen LogP contribution < -0.4 is 5.32 Å². The second kappa shape index (κ2) is 9.21. The van der Waals surface area contributed by atoms with Gasteiger partial charge in [-0.3, -0.25) is 4.79 Å². The maximum Gasteiger partial charge on any atom is 0.220 e. The molecule has 4 rings (SSSR count). The number of aryl methyl sites for hydroxylation is 4. The lowest BCUT2D eigenvalue weighted by molar-refractivity contribution is -0.121. The molecule has 2 heterocycles. The summed E-state index contributed by atoms with van der Waals surface area (Å²) in [6.07, 6.45) is 8.52. The van der Waals surface area contributed by atoms with Crippen LogP contribution in [0, 0.1) is 27.7 Å². The van der Waals surface area contributed by atoms with Crippen LogP contribution in [0.15, 0.2) is 24.3 Å². The van der Waals surface area contributed by atoms with Crippen LogP contribution in [-0.4, -0.2) is 26.7 Å². The van der Waals surface area contributed by atoms with E-state index < -0.39 is 0 Å². The van der Waals surface area contributed by atoms with E-state index in [2.05, 4.69) is 43.4 Å². The zero-order chi connectivity index (χ0) is 22.0. The number of aromatic nitrogens is 3. The second-order valence-corrected chi connectivity index (χ2v) is 9.09. The molecule has 164 valence electrons. The van der Waals surface area contributed by atoms with E-state index in [0.717, 1.165) is 41.0 Å². The van der Waals surface area contributed by atoms with Gasteiger partial charge in [0.15, 0.2) is 5.65 Å². The van der Waals surface area contributed by atoms with Crippen molar-refractivity contribution < 1.29 is 4.79 Å². The van der Waals surface area contributed by atoms with Crippen LogP contribution in [0.5, 0.6) is 0 Å². The Morgan fingerprint density at radius 1 is 1.00 bits per heavy atom. The Bertz CT molecular complexity index is 1070. The standard InChI is InChI=1S/C26H34N4O/c1-17-11-13-22(14-12-17)30-26-25(20(4)29-30)18(2)23(19(3)27-26)15-16-24(31)28-21-9-7-5-6-8-10-21/h11-14,21H,5-10,15-16H2,1-4H3,(H,28,31).